The Morgan fingerprint density at radius 3 is 2.67 bits per heavy atom. The number of pyridine rings is 1. The van der Waals surface area contributed by atoms with Gasteiger partial charge in [-0.3, -0.25) is 14.1 Å². The van der Waals surface area contributed by atoms with Crippen molar-refractivity contribution in [3.05, 3.63) is 35.5 Å². The highest BCUT2D eigenvalue weighted by Crippen LogP contribution is 2.28. The fourth-order valence-electron chi connectivity index (χ4n) is 3.23. The first-order valence-corrected chi connectivity index (χ1v) is 8.38. The third-order valence-electron chi connectivity index (χ3n) is 4.49. The molecule has 0 aromatic carbocycles. The first-order valence-electron chi connectivity index (χ1n) is 8.38. The van der Waals surface area contributed by atoms with Gasteiger partial charge in [0.2, 0.25) is 11.8 Å². The summed E-state index contributed by atoms with van der Waals surface area (Å²) in [4.78, 5) is 14.1. The lowest BCUT2D eigenvalue weighted by molar-refractivity contribution is -0.0674. The van der Waals surface area contributed by atoms with Gasteiger partial charge in [-0.2, -0.15) is 0 Å². The normalized spacial score (nSPS) is 17.3. The van der Waals surface area contributed by atoms with E-state index in [2.05, 4.69) is 18.7 Å². The number of carbonyl (C=O) groups excluding carboxylic acids is 1. The van der Waals surface area contributed by atoms with Gasteiger partial charge in [-0.05, 0) is 25.1 Å². The van der Waals surface area contributed by atoms with E-state index in [0.717, 1.165) is 24.2 Å². The van der Waals surface area contributed by atoms with Crippen molar-refractivity contribution < 1.29 is 14.3 Å². The van der Waals surface area contributed by atoms with Crippen molar-refractivity contribution in [2.75, 3.05) is 26.3 Å². The first-order chi connectivity index (χ1) is 11.5. The molecule has 130 valence electrons. The minimum atomic E-state index is -0.437. The molecule has 1 atom stereocenters. The number of hydrogen-bond acceptors (Lipinski definition) is 4. The molecule has 1 aliphatic rings. The van der Waals surface area contributed by atoms with Gasteiger partial charge >= 0.3 is 0 Å². The predicted molar refractivity (Wildman–Crippen MR) is 92.3 cm³/mol. The van der Waals surface area contributed by atoms with Crippen molar-refractivity contribution in [3.63, 3.8) is 0 Å². The highest BCUT2D eigenvalue weighted by molar-refractivity contribution is 5.96. The van der Waals surface area contributed by atoms with Crippen molar-refractivity contribution in [2.24, 2.45) is 11.7 Å². The third-order valence-corrected chi connectivity index (χ3v) is 4.49. The smallest absolute Gasteiger partial charge is 0.249 e. The molecule has 24 heavy (non-hydrogen) atoms. The summed E-state index contributed by atoms with van der Waals surface area (Å²) in [6.45, 7) is 9.27. The molecule has 0 saturated carbocycles. The standard InChI is InChI=1S/C18H25N3O3/c1-12(2)17(20-7-9-23-10-8-20)24-18-13(3)15(16(19)22)11-14-5-4-6-21(14)18/h4-6,11-12,17H,7-10H2,1-3H3,(H2,19,22). The Morgan fingerprint density at radius 2 is 2.04 bits per heavy atom. The summed E-state index contributed by atoms with van der Waals surface area (Å²) in [5, 5.41) is 0. The molecule has 6 heteroatoms. The average Bonchev–Trinajstić information content (AvgIpc) is 3.02. The van der Waals surface area contributed by atoms with Crippen LogP contribution in [0.3, 0.4) is 0 Å². The van der Waals surface area contributed by atoms with Gasteiger partial charge in [0.05, 0.1) is 13.2 Å². The summed E-state index contributed by atoms with van der Waals surface area (Å²) < 4.78 is 13.9. The number of fused-ring (bicyclic) bond motifs is 1. The van der Waals surface area contributed by atoms with Crippen molar-refractivity contribution >= 4 is 11.4 Å². The van der Waals surface area contributed by atoms with Crippen LogP contribution in [0.1, 0.15) is 29.8 Å². The van der Waals surface area contributed by atoms with Crippen LogP contribution < -0.4 is 10.5 Å². The van der Waals surface area contributed by atoms with Crippen LogP contribution in [-0.4, -0.2) is 47.7 Å². The quantitative estimate of drug-likeness (QED) is 0.910. The van der Waals surface area contributed by atoms with Crippen molar-refractivity contribution in [1.29, 1.82) is 0 Å². The zero-order valence-electron chi connectivity index (χ0n) is 14.5. The van der Waals surface area contributed by atoms with Gasteiger partial charge in [-0.1, -0.05) is 13.8 Å². The van der Waals surface area contributed by atoms with Crippen molar-refractivity contribution in [3.8, 4) is 5.88 Å². The van der Waals surface area contributed by atoms with Gasteiger partial charge in [0.25, 0.3) is 0 Å². The van der Waals surface area contributed by atoms with Crippen LogP contribution >= 0.6 is 0 Å². The second kappa shape index (κ2) is 6.83. The van der Waals surface area contributed by atoms with E-state index < -0.39 is 5.91 Å². The molecule has 0 bridgehead atoms. The Hall–Kier alpha value is -2.05. The summed E-state index contributed by atoms with van der Waals surface area (Å²) in [6, 6.07) is 5.69. The van der Waals surface area contributed by atoms with Gasteiger partial charge in [0.1, 0.15) is 0 Å². The van der Waals surface area contributed by atoms with Crippen LogP contribution in [0.15, 0.2) is 24.4 Å². The molecule has 1 fully saturated rings. The molecule has 1 unspecified atom stereocenters. The van der Waals surface area contributed by atoms with E-state index in [1.54, 1.807) is 0 Å². The number of hydrogen-bond donors (Lipinski definition) is 1. The second-order valence-corrected chi connectivity index (χ2v) is 6.56. The molecular formula is C18H25N3O3. The SMILES string of the molecule is Cc1c(C(N)=O)cc2cccn2c1OC(C(C)C)N1CCOCC1. The number of rotatable bonds is 5. The van der Waals surface area contributed by atoms with E-state index in [-0.39, 0.29) is 6.23 Å². The maximum atomic E-state index is 11.8. The molecule has 3 heterocycles. The van der Waals surface area contributed by atoms with E-state index in [4.69, 9.17) is 15.2 Å². The fourth-order valence-corrected chi connectivity index (χ4v) is 3.23. The predicted octanol–water partition coefficient (Wildman–Crippen LogP) is 2.04. The summed E-state index contributed by atoms with van der Waals surface area (Å²) in [6.07, 6.45) is 1.86. The molecule has 6 nitrogen and oxygen atoms in total. The van der Waals surface area contributed by atoms with Crippen LogP contribution in [0.5, 0.6) is 5.88 Å². The summed E-state index contributed by atoms with van der Waals surface area (Å²) in [7, 11) is 0. The molecule has 1 aliphatic heterocycles. The maximum absolute atomic E-state index is 11.8. The number of carbonyl (C=O) groups is 1. The van der Waals surface area contributed by atoms with Crippen LogP contribution in [0.25, 0.3) is 5.52 Å². The van der Waals surface area contributed by atoms with Crippen LogP contribution in [0, 0.1) is 12.8 Å². The summed E-state index contributed by atoms with van der Waals surface area (Å²) in [5.41, 5.74) is 7.71. The first kappa shape index (κ1) is 16.8. The molecule has 1 amide bonds. The summed E-state index contributed by atoms with van der Waals surface area (Å²) >= 11 is 0. The van der Waals surface area contributed by atoms with Gasteiger partial charge in [-0.25, -0.2) is 0 Å². The van der Waals surface area contributed by atoms with E-state index in [9.17, 15) is 4.79 Å². The van der Waals surface area contributed by atoms with Crippen molar-refractivity contribution in [1.82, 2.24) is 9.30 Å². The molecule has 3 rings (SSSR count). The van der Waals surface area contributed by atoms with E-state index >= 15 is 0 Å². The summed E-state index contributed by atoms with van der Waals surface area (Å²) in [5.74, 6) is 0.537. The molecule has 1 saturated heterocycles. The van der Waals surface area contributed by atoms with Gasteiger partial charge in [0.15, 0.2) is 6.23 Å². The Kier molecular flexibility index (Phi) is 4.78. The van der Waals surface area contributed by atoms with Crippen molar-refractivity contribution in [2.45, 2.75) is 27.0 Å². The number of aromatic nitrogens is 1. The maximum Gasteiger partial charge on any atom is 0.249 e. The van der Waals surface area contributed by atoms with Crippen LogP contribution in [0.2, 0.25) is 0 Å². The Morgan fingerprint density at radius 1 is 1.33 bits per heavy atom. The highest BCUT2D eigenvalue weighted by atomic mass is 16.5. The number of morpholine rings is 1. The topological polar surface area (TPSA) is 69.2 Å². The molecule has 2 aromatic rings. The van der Waals surface area contributed by atoms with Gasteiger partial charge in [-0.15, -0.1) is 0 Å². The van der Waals surface area contributed by atoms with E-state index in [1.165, 1.54) is 0 Å². The van der Waals surface area contributed by atoms with Gasteiger partial charge < -0.3 is 15.2 Å². The van der Waals surface area contributed by atoms with Gasteiger partial charge in [0, 0.05) is 41.8 Å². The zero-order chi connectivity index (χ0) is 17.3. The van der Waals surface area contributed by atoms with Crippen LogP contribution in [0.4, 0.5) is 0 Å². The van der Waals surface area contributed by atoms with Crippen LogP contribution in [-0.2, 0) is 4.74 Å². The van der Waals surface area contributed by atoms with E-state index in [0.29, 0.717) is 30.6 Å². The second-order valence-electron chi connectivity index (χ2n) is 6.56. The third kappa shape index (κ3) is 3.12. The number of amides is 1. The average molecular weight is 331 g/mol. The minimum Gasteiger partial charge on any atom is -0.459 e. The molecule has 0 radical (unpaired) electrons. The monoisotopic (exact) mass is 331 g/mol. The molecule has 2 N–H and O–H groups in total. The minimum absolute atomic E-state index is 0.0821. The number of nitrogens with zero attached hydrogens (tertiary/aromatic N) is 2. The highest BCUT2D eigenvalue weighted by Gasteiger charge is 2.27. The number of primary amides is 1. The lowest BCUT2D eigenvalue weighted by Gasteiger charge is -2.37. The molecule has 0 aliphatic carbocycles. The zero-order valence-corrected chi connectivity index (χ0v) is 14.5. The Bertz CT molecular complexity index is 732. The molecular weight excluding hydrogens is 306 g/mol. The number of nitrogens with two attached hydrogens (primary N) is 1. The largest absolute Gasteiger partial charge is 0.459 e. The Labute approximate surface area is 142 Å². The molecule has 0 spiro atoms. The lowest BCUT2D eigenvalue weighted by atomic mass is 10.1. The number of ether oxygens (including phenoxy) is 2. The Balaban J connectivity index is 2.01. The molecule has 2 aromatic heterocycles. The fraction of sp³-hybridized carbons (Fsp3) is 0.500. The lowest BCUT2D eigenvalue weighted by Crippen LogP contribution is -2.49. The van der Waals surface area contributed by atoms with E-state index in [1.807, 2.05) is 35.7 Å².